The van der Waals surface area contributed by atoms with Crippen LogP contribution in [0.25, 0.3) is 0 Å². The molecule has 2 aromatic rings. The lowest BCUT2D eigenvalue weighted by Crippen LogP contribution is -2.54. The second kappa shape index (κ2) is 8.35. The van der Waals surface area contributed by atoms with Crippen molar-refractivity contribution in [2.24, 2.45) is 5.92 Å². The largest absolute Gasteiger partial charge is 0.459 e. The molecule has 2 unspecified atom stereocenters. The first-order valence-corrected chi connectivity index (χ1v) is 8.96. The van der Waals surface area contributed by atoms with Crippen molar-refractivity contribution < 1.29 is 23.1 Å². The minimum atomic E-state index is -0.672. The third-order valence-electron chi connectivity index (χ3n) is 4.58. The van der Waals surface area contributed by atoms with Gasteiger partial charge < -0.3 is 19.4 Å². The van der Waals surface area contributed by atoms with E-state index in [2.05, 4.69) is 5.32 Å². The van der Waals surface area contributed by atoms with E-state index in [0.717, 1.165) is 5.56 Å². The number of benzene rings is 1. The van der Waals surface area contributed by atoms with Crippen LogP contribution in [0, 0.1) is 11.7 Å². The number of hydrogen-bond donors (Lipinski definition) is 1. The van der Waals surface area contributed by atoms with E-state index in [-0.39, 0.29) is 29.5 Å². The summed E-state index contributed by atoms with van der Waals surface area (Å²) in [6, 6.07) is 8.57. The molecule has 27 heavy (non-hydrogen) atoms. The molecule has 144 valence electrons. The molecular weight excluding hydrogens is 351 g/mol. The molecule has 1 aromatic carbocycles. The average Bonchev–Trinajstić information content (AvgIpc) is 3.21. The van der Waals surface area contributed by atoms with E-state index < -0.39 is 11.9 Å². The fraction of sp³-hybridized carbons (Fsp3) is 0.400. The van der Waals surface area contributed by atoms with Gasteiger partial charge in [0.2, 0.25) is 5.91 Å². The maximum Gasteiger partial charge on any atom is 0.287 e. The zero-order valence-corrected chi connectivity index (χ0v) is 15.4. The van der Waals surface area contributed by atoms with Crippen LogP contribution < -0.4 is 5.32 Å². The first-order chi connectivity index (χ1) is 13.0. The van der Waals surface area contributed by atoms with Crippen molar-refractivity contribution in [2.45, 2.75) is 26.0 Å². The smallest absolute Gasteiger partial charge is 0.287 e. The highest BCUT2D eigenvalue weighted by Crippen LogP contribution is 2.23. The molecule has 0 spiro atoms. The highest BCUT2D eigenvalue weighted by Gasteiger charge is 2.33. The van der Waals surface area contributed by atoms with Gasteiger partial charge in [0.1, 0.15) is 18.0 Å². The Kier molecular flexibility index (Phi) is 5.91. The van der Waals surface area contributed by atoms with Gasteiger partial charge in [-0.1, -0.05) is 26.0 Å². The van der Waals surface area contributed by atoms with Gasteiger partial charge in [-0.05, 0) is 35.7 Å². The van der Waals surface area contributed by atoms with Gasteiger partial charge in [0.15, 0.2) is 5.76 Å². The van der Waals surface area contributed by atoms with Crippen molar-refractivity contribution in [3.8, 4) is 0 Å². The van der Waals surface area contributed by atoms with Crippen LogP contribution in [-0.2, 0) is 9.53 Å². The molecule has 1 aromatic heterocycles. The van der Waals surface area contributed by atoms with E-state index in [9.17, 15) is 14.0 Å². The van der Waals surface area contributed by atoms with Gasteiger partial charge in [0.05, 0.1) is 19.4 Å². The molecule has 0 radical (unpaired) electrons. The zero-order valence-electron chi connectivity index (χ0n) is 15.4. The quantitative estimate of drug-likeness (QED) is 0.874. The second-order valence-electron chi connectivity index (χ2n) is 6.87. The SMILES string of the molecule is CC(C)C(NC(=O)c1ccco1)C(=O)N1CCOC(c2ccc(F)cc2)C1. The van der Waals surface area contributed by atoms with Gasteiger partial charge in [0.25, 0.3) is 5.91 Å². The van der Waals surface area contributed by atoms with Crippen molar-refractivity contribution in [3.05, 3.63) is 59.8 Å². The number of morpholine rings is 1. The summed E-state index contributed by atoms with van der Waals surface area (Å²) in [5.41, 5.74) is 0.814. The first kappa shape index (κ1) is 19.1. The van der Waals surface area contributed by atoms with Crippen LogP contribution in [0.15, 0.2) is 47.1 Å². The lowest BCUT2D eigenvalue weighted by Gasteiger charge is -2.36. The van der Waals surface area contributed by atoms with Gasteiger partial charge >= 0.3 is 0 Å². The van der Waals surface area contributed by atoms with Crippen molar-refractivity contribution in [1.29, 1.82) is 0 Å². The van der Waals surface area contributed by atoms with Gasteiger partial charge in [-0.25, -0.2) is 4.39 Å². The summed E-state index contributed by atoms with van der Waals surface area (Å²) in [5, 5.41) is 2.76. The Hall–Kier alpha value is -2.67. The van der Waals surface area contributed by atoms with Crippen molar-refractivity contribution in [3.63, 3.8) is 0 Å². The highest BCUT2D eigenvalue weighted by molar-refractivity contribution is 5.95. The Labute approximate surface area is 157 Å². The van der Waals surface area contributed by atoms with Crippen LogP contribution in [0.2, 0.25) is 0 Å². The predicted octanol–water partition coefficient (Wildman–Crippen LogP) is 2.77. The fourth-order valence-electron chi connectivity index (χ4n) is 3.06. The second-order valence-corrected chi connectivity index (χ2v) is 6.87. The number of nitrogens with zero attached hydrogens (tertiary/aromatic N) is 1. The van der Waals surface area contributed by atoms with Crippen molar-refractivity contribution in [2.75, 3.05) is 19.7 Å². The van der Waals surface area contributed by atoms with Crippen molar-refractivity contribution >= 4 is 11.8 Å². The Morgan fingerprint density at radius 2 is 1.96 bits per heavy atom. The molecule has 1 saturated heterocycles. The number of amides is 2. The van der Waals surface area contributed by atoms with Crippen LogP contribution in [0.3, 0.4) is 0 Å². The number of carbonyl (C=O) groups is 2. The van der Waals surface area contributed by atoms with Crippen LogP contribution in [-0.4, -0.2) is 42.5 Å². The number of nitrogens with one attached hydrogen (secondary N) is 1. The van der Waals surface area contributed by atoms with Crippen molar-refractivity contribution in [1.82, 2.24) is 10.2 Å². The minimum Gasteiger partial charge on any atom is -0.459 e. The third-order valence-corrected chi connectivity index (χ3v) is 4.58. The standard InChI is InChI=1S/C20H23FN2O4/c1-13(2)18(22-19(24)16-4-3-10-26-16)20(25)23-9-11-27-17(12-23)14-5-7-15(21)8-6-14/h3-8,10,13,17-18H,9,11-12H2,1-2H3,(H,22,24). The molecule has 2 amide bonds. The lowest BCUT2D eigenvalue weighted by molar-refractivity contribution is -0.142. The summed E-state index contributed by atoms with van der Waals surface area (Å²) >= 11 is 0. The third kappa shape index (κ3) is 4.54. The Bertz CT molecular complexity index is 774. The number of ether oxygens (including phenoxy) is 1. The number of carbonyl (C=O) groups excluding carboxylic acids is 2. The number of hydrogen-bond acceptors (Lipinski definition) is 4. The molecule has 3 rings (SSSR count). The summed E-state index contributed by atoms with van der Waals surface area (Å²) in [5.74, 6) is -0.832. The minimum absolute atomic E-state index is 0.0940. The molecule has 2 atom stereocenters. The number of halogens is 1. The number of rotatable bonds is 5. The molecule has 1 aliphatic heterocycles. The number of furan rings is 1. The van der Waals surface area contributed by atoms with Gasteiger partial charge in [-0.15, -0.1) is 0 Å². The van der Waals surface area contributed by atoms with Gasteiger partial charge in [0, 0.05) is 6.54 Å². The first-order valence-electron chi connectivity index (χ1n) is 8.96. The Morgan fingerprint density at radius 1 is 1.22 bits per heavy atom. The fourth-order valence-corrected chi connectivity index (χ4v) is 3.06. The van der Waals surface area contributed by atoms with Crippen LogP contribution in [0.1, 0.15) is 36.1 Å². The van der Waals surface area contributed by atoms with Gasteiger partial charge in [-0.2, -0.15) is 0 Å². The lowest BCUT2D eigenvalue weighted by atomic mass is 10.0. The van der Waals surface area contributed by atoms with E-state index in [0.29, 0.717) is 19.7 Å². The van der Waals surface area contributed by atoms with Crippen LogP contribution >= 0.6 is 0 Å². The molecule has 7 heteroatoms. The topological polar surface area (TPSA) is 71.8 Å². The van der Waals surface area contributed by atoms with E-state index in [1.54, 1.807) is 29.2 Å². The summed E-state index contributed by atoms with van der Waals surface area (Å²) < 4.78 is 24.0. The maximum absolute atomic E-state index is 13.1. The normalized spacial score (nSPS) is 18.4. The molecule has 1 aliphatic rings. The summed E-state index contributed by atoms with van der Waals surface area (Å²) in [7, 11) is 0. The molecular formula is C20H23FN2O4. The predicted molar refractivity (Wildman–Crippen MR) is 96.5 cm³/mol. The molecule has 0 bridgehead atoms. The highest BCUT2D eigenvalue weighted by atomic mass is 19.1. The molecule has 0 saturated carbocycles. The van der Waals surface area contributed by atoms with E-state index in [1.165, 1.54) is 18.4 Å². The molecule has 0 aliphatic carbocycles. The maximum atomic E-state index is 13.1. The van der Waals surface area contributed by atoms with Crippen LogP contribution in [0.4, 0.5) is 4.39 Å². The monoisotopic (exact) mass is 374 g/mol. The van der Waals surface area contributed by atoms with E-state index >= 15 is 0 Å². The summed E-state index contributed by atoms with van der Waals surface area (Å²) in [6.07, 6.45) is 1.09. The Morgan fingerprint density at radius 3 is 2.59 bits per heavy atom. The van der Waals surface area contributed by atoms with E-state index in [4.69, 9.17) is 9.15 Å². The van der Waals surface area contributed by atoms with Gasteiger partial charge in [-0.3, -0.25) is 9.59 Å². The molecule has 1 fully saturated rings. The summed E-state index contributed by atoms with van der Waals surface area (Å²) in [6.45, 7) is 4.93. The molecule has 6 nitrogen and oxygen atoms in total. The van der Waals surface area contributed by atoms with Crippen LogP contribution in [0.5, 0.6) is 0 Å². The van der Waals surface area contributed by atoms with E-state index in [1.807, 2.05) is 13.8 Å². The average molecular weight is 374 g/mol. The molecule has 2 heterocycles. The molecule has 1 N–H and O–H groups in total. The summed E-state index contributed by atoms with van der Waals surface area (Å²) in [4.78, 5) is 27.0. The Balaban J connectivity index is 1.69. The zero-order chi connectivity index (χ0) is 19.4.